The zero-order chi connectivity index (χ0) is 92.2. The maximum atomic E-state index is 13.6. The van der Waals surface area contributed by atoms with E-state index in [-0.39, 0.29) is 77.5 Å². The summed E-state index contributed by atoms with van der Waals surface area (Å²) in [4.78, 5) is 132. The molecule has 36 nitrogen and oxygen atoms in total. The van der Waals surface area contributed by atoms with E-state index in [0.29, 0.717) is 56.4 Å². The fraction of sp³-hybridized carbons (Fsp3) is 0.478. The van der Waals surface area contributed by atoms with Crippen LogP contribution in [0.1, 0.15) is 122 Å². The molecule has 688 valence electrons. The number of nitrogens with zero attached hydrogens (tertiary/aromatic N) is 2. The van der Waals surface area contributed by atoms with Crippen LogP contribution in [0, 0.1) is 11.3 Å². The maximum Gasteiger partial charge on any atom is 0.408 e. The number of amides is 6. The highest BCUT2D eigenvalue weighted by Crippen LogP contribution is 2.48. The number of hydrogen-bond acceptors (Lipinski definition) is 30. The van der Waals surface area contributed by atoms with E-state index in [1.165, 1.54) is 27.7 Å². The van der Waals surface area contributed by atoms with Crippen LogP contribution in [0.15, 0.2) is 158 Å². The molecule has 0 saturated carbocycles. The summed E-state index contributed by atoms with van der Waals surface area (Å²) in [6, 6.07) is 46.9. The van der Waals surface area contributed by atoms with E-state index >= 15 is 0 Å². The Kier molecular flexibility index (Phi) is 40.2. The molecule has 12 atom stereocenters. The molecule has 2 unspecified atom stereocenters. The predicted octanol–water partition coefficient (Wildman–Crippen LogP) is 8.38. The first-order valence-corrected chi connectivity index (χ1v) is 42.4. The second kappa shape index (κ2) is 50.7. The van der Waals surface area contributed by atoms with Crippen LogP contribution >= 0.6 is 8.53 Å². The molecule has 127 heavy (non-hydrogen) atoms. The first-order chi connectivity index (χ1) is 61.0. The lowest BCUT2D eigenvalue weighted by Crippen LogP contribution is -2.66. The van der Waals surface area contributed by atoms with Crippen molar-refractivity contribution in [3.8, 4) is 29.1 Å². The Hall–Kier alpha value is -11.6. The molecule has 6 amide bonds. The van der Waals surface area contributed by atoms with E-state index in [4.69, 9.17) is 84.8 Å². The van der Waals surface area contributed by atoms with Gasteiger partial charge in [-0.25, -0.2) is 14.3 Å². The van der Waals surface area contributed by atoms with Crippen LogP contribution in [0.25, 0.3) is 0 Å². The van der Waals surface area contributed by atoms with Gasteiger partial charge in [0.1, 0.15) is 65.1 Å². The van der Waals surface area contributed by atoms with E-state index in [2.05, 4.69) is 31.9 Å². The average Bonchev–Trinajstić information content (AvgIpc) is 0.758. The van der Waals surface area contributed by atoms with Crippen LogP contribution in [0.3, 0.4) is 0 Å². The third-order valence-corrected chi connectivity index (χ3v) is 21.9. The molecule has 2 heterocycles. The third-order valence-electron chi connectivity index (χ3n) is 19.9. The van der Waals surface area contributed by atoms with Crippen molar-refractivity contribution in [3.05, 3.63) is 191 Å². The number of carbonyl (C=O) groups excluding carboxylic acids is 10. The molecule has 37 heteroatoms. The SMILES string of the molecule is COc1ccc(C(OC[C@H]2O[C@@H](OCCCNC(=O)CNC(=O)OCC(COP(OCCC#N)N(C(C)C)C(C)C)OC(=O)NCC(=O)NCCCO[C@@H]3O[C@H](COC(c4ccccc4)(c4ccc(OC)cc4)c4ccc(OC)cc4)[C@H](OC(C)=O)[C@H](OC(C)=O)[C@H]3NC(C)=O)[C@H](NC(C)=O)[C@@H](OC(C)=O)[C@H]2OC(C)=O)(c2ccccc2)c2ccc(OC)cc2)cc1. The van der Waals surface area contributed by atoms with Gasteiger partial charge < -0.3 is 117 Å². The van der Waals surface area contributed by atoms with Crippen LogP contribution in [0.2, 0.25) is 0 Å². The van der Waals surface area contributed by atoms with Crippen LogP contribution in [0.5, 0.6) is 23.0 Å². The molecular formula is C90H115N8O28P. The van der Waals surface area contributed by atoms with Crippen molar-refractivity contribution in [2.45, 2.75) is 179 Å². The summed E-state index contributed by atoms with van der Waals surface area (Å²) < 4.78 is 111. The second-order valence-electron chi connectivity index (χ2n) is 29.8. The number of esters is 4. The fourth-order valence-corrected chi connectivity index (χ4v) is 16.1. The maximum absolute atomic E-state index is 13.6. The monoisotopic (exact) mass is 1790 g/mol. The van der Waals surface area contributed by atoms with Crippen molar-refractivity contribution in [1.82, 2.24) is 36.6 Å². The van der Waals surface area contributed by atoms with Crippen LogP contribution in [-0.4, -0.2) is 245 Å². The van der Waals surface area contributed by atoms with Crippen LogP contribution in [0.4, 0.5) is 9.59 Å². The van der Waals surface area contributed by atoms with Crippen molar-refractivity contribution in [1.29, 1.82) is 5.26 Å². The minimum atomic E-state index is -1.93. The van der Waals surface area contributed by atoms with Crippen molar-refractivity contribution in [3.63, 3.8) is 0 Å². The molecule has 6 aromatic carbocycles. The highest BCUT2D eigenvalue weighted by Gasteiger charge is 2.55. The minimum Gasteiger partial charge on any atom is -0.497 e. The summed E-state index contributed by atoms with van der Waals surface area (Å²) in [7, 11) is 4.25. The number of nitriles is 1. The Morgan fingerprint density at radius 3 is 1.12 bits per heavy atom. The van der Waals surface area contributed by atoms with Crippen LogP contribution in [-0.2, 0) is 115 Å². The normalized spacial score (nSPS) is 19.0. The molecule has 8 rings (SSSR count). The van der Waals surface area contributed by atoms with Gasteiger partial charge in [0.25, 0.3) is 8.53 Å². The number of benzene rings is 6. The van der Waals surface area contributed by atoms with E-state index in [1.807, 2.05) is 148 Å². The molecule has 6 aromatic rings. The Morgan fingerprint density at radius 2 is 0.787 bits per heavy atom. The lowest BCUT2D eigenvalue weighted by atomic mass is 9.80. The molecule has 2 fully saturated rings. The zero-order valence-electron chi connectivity index (χ0n) is 73.7. The fourth-order valence-electron chi connectivity index (χ4n) is 14.4. The number of rotatable bonds is 48. The number of carbonyl (C=O) groups is 10. The summed E-state index contributed by atoms with van der Waals surface area (Å²) in [6.45, 7) is 11.3. The van der Waals surface area contributed by atoms with E-state index < -0.39 is 173 Å². The van der Waals surface area contributed by atoms with Gasteiger partial charge in [-0.15, -0.1) is 0 Å². The molecule has 0 aliphatic carbocycles. The Labute approximate surface area is 739 Å². The van der Waals surface area contributed by atoms with Gasteiger partial charge in [0.2, 0.25) is 23.6 Å². The van der Waals surface area contributed by atoms with E-state index in [9.17, 15) is 53.2 Å². The number of nitrogens with one attached hydrogen (secondary N) is 6. The Morgan fingerprint density at radius 1 is 0.441 bits per heavy atom. The molecule has 0 bridgehead atoms. The van der Waals surface area contributed by atoms with Gasteiger partial charge in [0.15, 0.2) is 43.1 Å². The molecule has 0 aromatic heterocycles. The van der Waals surface area contributed by atoms with Gasteiger partial charge in [-0.1, -0.05) is 109 Å². The zero-order valence-corrected chi connectivity index (χ0v) is 74.6. The van der Waals surface area contributed by atoms with Crippen molar-refractivity contribution < 1.29 is 133 Å². The molecule has 0 radical (unpaired) electrons. The van der Waals surface area contributed by atoms with Crippen molar-refractivity contribution in [2.75, 3.05) is 101 Å². The summed E-state index contributed by atoms with van der Waals surface area (Å²) >= 11 is 0. The van der Waals surface area contributed by atoms with Crippen molar-refractivity contribution in [2.24, 2.45) is 0 Å². The average molecular weight is 1790 g/mol. The molecule has 6 N–H and O–H groups in total. The van der Waals surface area contributed by atoms with Gasteiger partial charge in [0.05, 0.1) is 93.7 Å². The number of alkyl carbamates (subject to hydrolysis) is 2. The van der Waals surface area contributed by atoms with Gasteiger partial charge in [-0.2, -0.15) is 5.26 Å². The highest BCUT2D eigenvalue weighted by molar-refractivity contribution is 7.44. The van der Waals surface area contributed by atoms with Gasteiger partial charge in [-0.05, 0) is 122 Å². The summed E-state index contributed by atoms with van der Waals surface area (Å²) in [5, 5.41) is 24.9. The number of hydrogen-bond donors (Lipinski definition) is 6. The van der Waals surface area contributed by atoms with E-state index in [0.717, 1.165) is 13.8 Å². The first kappa shape index (κ1) is 101. The smallest absolute Gasteiger partial charge is 0.408 e. The molecule has 2 aliphatic heterocycles. The van der Waals surface area contributed by atoms with E-state index in [1.54, 1.807) is 77.0 Å². The largest absolute Gasteiger partial charge is 0.497 e. The first-order valence-electron chi connectivity index (χ1n) is 41.3. The number of methoxy groups -OCH3 is 4. The van der Waals surface area contributed by atoms with Crippen LogP contribution < -0.4 is 50.8 Å². The lowest BCUT2D eigenvalue weighted by Gasteiger charge is -2.46. The summed E-state index contributed by atoms with van der Waals surface area (Å²) in [6.07, 6.45) is -14.3. The summed E-state index contributed by atoms with van der Waals surface area (Å²) in [5.41, 5.74) is 1.17. The van der Waals surface area contributed by atoms with Gasteiger partial charge in [-0.3, -0.25) is 38.4 Å². The van der Waals surface area contributed by atoms with Crippen molar-refractivity contribution >= 4 is 68.2 Å². The Balaban J connectivity index is 0.891. The minimum absolute atomic E-state index is 0.0101. The predicted molar refractivity (Wildman–Crippen MR) is 457 cm³/mol. The standard InChI is InChI=1S/C90H115N8O28P/c1-56(2)98(57(3)4)127(118-49-21-44-91)119-53-74(124-88(108)95-51-78(106)93-46-23-48-114-86-80(97-59(6)100)84(123-63(10)104)82(121-61(8)102)76(126-86)55-117-90(65-26-19-16-20-27-65,68-32-40-72(111-13)41-33-68)69-34-42-73(112-14)43-35-69)52-115-87(107)94-50-77(105)92-45-22-47-113-85-79(96-58(5)99)83(122-62(9)103)81(120-60(7)101)75(125-85)54-116-89(64-24-17-15-18-25-64,66-28-36-70(109-11)37-29-66)67-30-38-71(110-12)39-31-67/h15-20,24-43,56-57,74-76,79-86H,21-23,45-55H2,1-14H3,(H,92,105)(H,93,106)(H,94,107)(H,95,108)(H,96,99)(H,97,100)/t74?,75-,76-,79-,80-,81+,82+,83-,84-,85-,86-,127?/m1/s1. The molecule has 2 saturated heterocycles. The Bertz CT molecular complexity index is 4450. The van der Waals surface area contributed by atoms with Gasteiger partial charge in [0, 0.05) is 66.7 Å². The summed E-state index contributed by atoms with van der Waals surface area (Å²) in [5.74, 6) is -3.32. The quantitative estimate of drug-likeness (QED) is 0.00686. The van der Waals surface area contributed by atoms with Gasteiger partial charge >= 0.3 is 36.1 Å². The molecule has 2 aliphatic rings. The highest BCUT2D eigenvalue weighted by atomic mass is 31.2. The number of ether oxygens (including phenoxy) is 16. The lowest BCUT2D eigenvalue weighted by molar-refractivity contribution is -0.282. The molecule has 0 spiro atoms. The molecular weight excluding hydrogens is 1670 g/mol. The third kappa shape index (κ3) is 29.5. The second-order valence-corrected chi connectivity index (χ2v) is 31.2. The topological polar surface area (TPSA) is 436 Å².